The molecule has 0 saturated carbocycles. The quantitative estimate of drug-likeness (QED) is 0.482. The number of hydrogen-bond acceptors (Lipinski definition) is 0. The van der Waals surface area contributed by atoms with Crippen molar-refractivity contribution in [2.24, 2.45) is 11.8 Å². The zero-order chi connectivity index (χ0) is 8.65. The molecule has 0 aromatic rings. The van der Waals surface area contributed by atoms with E-state index in [0.717, 1.165) is 0 Å². The highest BCUT2D eigenvalue weighted by molar-refractivity contribution is 5.18. The Labute approximate surface area is 64.1 Å². The third-order valence-corrected chi connectivity index (χ3v) is 2.38. The van der Waals surface area contributed by atoms with Gasteiger partial charge in [0.25, 0.3) is 0 Å². The van der Waals surface area contributed by atoms with Crippen LogP contribution in [0.5, 0.6) is 0 Å². The van der Waals surface area contributed by atoms with Crippen molar-refractivity contribution in [3.05, 3.63) is 11.6 Å². The molecule has 64 valence electrons. The molecule has 1 aliphatic rings. The van der Waals surface area contributed by atoms with Crippen LogP contribution in [0.3, 0.4) is 0 Å². The Morgan fingerprint density at radius 3 is 2.09 bits per heavy atom. The molecular weight excluding hydrogens is 153 g/mol. The van der Waals surface area contributed by atoms with Crippen molar-refractivity contribution in [2.75, 3.05) is 0 Å². The van der Waals surface area contributed by atoms with E-state index in [1.54, 1.807) is 6.92 Å². The molecule has 0 heterocycles. The summed E-state index contributed by atoms with van der Waals surface area (Å²) in [4.78, 5) is 0. The van der Waals surface area contributed by atoms with Crippen molar-refractivity contribution < 1.29 is 13.2 Å². The smallest absolute Gasteiger partial charge is 0.166 e. The van der Waals surface area contributed by atoms with Gasteiger partial charge in [0.05, 0.1) is 0 Å². The summed E-state index contributed by atoms with van der Waals surface area (Å²) in [7, 11) is 0. The van der Waals surface area contributed by atoms with Crippen LogP contribution in [0, 0.1) is 11.8 Å². The number of alkyl halides is 3. The van der Waals surface area contributed by atoms with Gasteiger partial charge in [-0.1, -0.05) is 19.9 Å². The minimum absolute atomic E-state index is 0.145. The Kier molecular flexibility index (Phi) is 1.99. The summed E-state index contributed by atoms with van der Waals surface area (Å²) in [6.07, 6.45) is -2.23. The van der Waals surface area contributed by atoms with E-state index in [0.29, 0.717) is 6.42 Å². The van der Waals surface area contributed by atoms with E-state index in [1.807, 2.05) is 6.92 Å². The van der Waals surface area contributed by atoms with Crippen LogP contribution >= 0.6 is 0 Å². The molecule has 11 heavy (non-hydrogen) atoms. The first-order chi connectivity index (χ1) is 4.93. The van der Waals surface area contributed by atoms with Crippen molar-refractivity contribution in [2.45, 2.75) is 26.4 Å². The van der Waals surface area contributed by atoms with Crippen molar-refractivity contribution in [1.82, 2.24) is 0 Å². The summed E-state index contributed by atoms with van der Waals surface area (Å²) in [6, 6.07) is 0. The second-order valence-electron chi connectivity index (χ2n) is 3.16. The Morgan fingerprint density at radius 2 is 1.91 bits per heavy atom. The lowest BCUT2D eigenvalue weighted by Gasteiger charge is -2.16. The fourth-order valence-corrected chi connectivity index (χ4v) is 1.38. The summed E-state index contributed by atoms with van der Waals surface area (Å²) in [5.74, 6) is -0.179. The van der Waals surface area contributed by atoms with Gasteiger partial charge in [0.15, 0.2) is 0 Å². The number of allylic oxidation sites excluding steroid dienone is 2. The molecule has 0 bridgehead atoms. The maximum Gasteiger partial charge on any atom is 0.412 e. The first kappa shape index (κ1) is 8.62. The summed E-state index contributed by atoms with van der Waals surface area (Å²) < 4.78 is 36.3. The summed E-state index contributed by atoms with van der Waals surface area (Å²) >= 11 is 0. The largest absolute Gasteiger partial charge is 0.412 e. The van der Waals surface area contributed by atoms with Crippen LogP contribution in [-0.4, -0.2) is 6.18 Å². The van der Waals surface area contributed by atoms with Crippen LogP contribution in [0.4, 0.5) is 13.2 Å². The van der Waals surface area contributed by atoms with Crippen LogP contribution in [0.15, 0.2) is 11.6 Å². The standard InChI is InChI=1S/C8H11F3/c1-5-3-4-7(6(5)2)8(9,10)11/h4-6H,3H2,1-2H3. The van der Waals surface area contributed by atoms with E-state index in [4.69, 9.17) is 0 Å². The first-order valence-electron chi connectivity index (χ1n) is 3.70. The summed E-state index contributed by atoms with van der Waals surface area (Å²) in [5.41, 5.74) is -0.343. The molecule has 0 N–H and O–H groups in total. The molecule has 0 aromatic heterocycles. The van der Waals surface area contributed by atoms with Crippen molar-refractivity contribution in [3.63, 3.8) is 0 Å². The Bertz CT molecular complexity index is 178. The monoisotopic (exact) mass is 164 g/mol. The zero-order valence-electron chi connectivity index (χ0n) is 6.57. The summed E-state index contributed by atoms with van der Waals surface area (Å²) in [5, 5.41) is 0. The lowest BCUT2D eigenvalue weighted by molar-refractivity contribution is -0.0983. The average molecular weight is 164 g/mol. The maximum absolute atomic E-state index is 12.1. The third-order valence-electron chi connectivity index (χ3n) is 2.38. The van der Waals surface area contributed by atoms with E-state index < -0.39 is 6.18 Å². The van der Waals surface area contributed by atoms with Gasteiger partial charge in [-0.15, -0.1) is 0 Å². The lowest BCUT2D eigenvalue weighted by Crippen LogP contribution is -2.17. The van der Waals surface area contributed by atoms with E-state index >= 15 is 0 Å². The van der Waals surface area contributed by atoms with Crippen molar-refractivity contribution >= 4 is 0 Å². The molecule has 1 aliphatic carbocycles. The molecule has 0 aromatic carbocycles. The average Bonchev–Trinajstić information content (AvgIpc) is 2.11. The molecule has 0 saturated heterocycles. The number of halogens is 3. The van der Waals surface area contributed by atoms with Crippen LogP contribution in [0.1, 0.15) is 20.3 Å². The van der Waals surface area contributed by atoms with E-state index in [1.165, 1.54) is 6.08 Å². The van der Waals surface area contributed by atoms with E-state index in [2.05, 4.69) is 0 Å². The SMILES string of the molecule is CC1CC=C(C(F)(F)F)C1C. The molecule has 0 amide bonds. The predicted octanol–water partition coefficient (Wildman–Crippen LogP) is 3.15. The van der Waals surface area contributed by atoms with E-state index in [-0.39, 0.29) is 17.4 Å². The van der Waals surface area contributed by atoms with Gasteiger partial charge in [0.1, 0.15) is 0 Å². The minimum Gasteiger partial charge on any atom is -0.166 e. The van der Waals surface area contributed by atoms with E-state index in [9.17, 15) is 13.2 Å². The van der Waals surface area contributed by atoms with Gasteiger partial charge in [0, 0.05) is 5.57 Å². The first-order valence-corrected chi connectivity index (χ1v) is 3.70. The lowest BCUT2D eigenvalue weighted by atomic mass is 9.95. The Hall–Kier alpha value is -0.470. The summed E-state index contributed by atoms with van der Waals surface area (Å²) in [6.45, 7) is 3.48. The Morgan fingerprint density at radius 1 is 1.36 bits per heavy atom. The maximum atomic E-state index is 12.1. The molecule has 0 radical (unpaired) electrons. The van der Waals surface area contributed by atoms with Gasteiger partial charge in [-0.05, 0) is 18.3 Å². The Balaban J connectivity index is 2.76. The molecular formula is C8H11F3. The highest BCUT2D eigenvalue weighted by Gasteiger charge is 2.40. The predicted molar refractivity (Wildman–Crippen MR) is 37.1 cm³/mol. The normalized spacial score (nSPS) is 32.3. The van der Waals surface area contributed by atoms with Crippen molar-refractivity contribution in [1.29, 1.82) is 0 Å². The van der Waals surface area contributed by atoms with Crippen LogP contribution in [-0.2, 0) is 0 Å². The van der Waals surface area contributed by atoms with Gasteiger partial charge in [-0.3, -0.25) is 0 Å². The molecule has 2 unspecified atom stereocenters. The second-order valence-corrected chi connectivity index (χ2v) is 3.16. The topological polar surface area (TPSA) is 0 Å². The third kappa shape index (κ3) is 1.57. The molecule has 0 nitrogen and oxygen atoms in total. The van der Waals surface area contributed by atoms with Crippen molar-refractivity contribution in [3.8, 4) is 0 Å². The van der Waals surface area contributed by atoms with Gasteiger partial charge >= 0.3 is 6.18 Å². The number of hydrogen-bond donors (Lipinski definition) is 0. The van der Waals surface area contributed by atoms with Crippen LogP contribution in [0.25, 0.3) is 0 Å². The molecule has 1 rings (SSSR count). The molecule has 3 heteroatoms. The van der Waals surface area contributed by atoms with Gasteiger partial charge < -0.3 is 0 Å². The molecule has 2 atom stereocenters. The van der Waals surface area contributed by atoms with Crippen LogP contribution in [0.2, 0.25) is 0 Å². The minimum atomic E-state index is -4.11. The molecule has 0 fully saturated rings. The zero-order valence-corrected chi connectivity index (χ0v) is 6.57. The highest BCUT2D eigenvalue weighted by Crippen LogP contribution is 2.40. The van der Waals surface area contributed by atoms with Gasteiger partial charge in [-0.2, -0.15) is 13.2 Å². The molecule has 0 aliphatic heterocycles. The fourth-order valence-electron chi connectivity index (χ4n) is 1.38. The highest BCUT2D eigenvalue weighted by atomic mass is 19.4. The van der Waals surface area contributed by atoms with Gasteiger partial charge in [0.2, 0.25) is 0 Å². The van der Waals surface area contributed by atoms with Gasteiger partial charge in [-0.25, -0.2) is 0 Å². The molecule has 0 spiro atoms. The number of rotatable bonds is 0. The van der Waals surface area contributed by atoms with Crippen LogP contribution < -0.4 is 0 Å². The fraction of sp³-hybridized carbons (Fsp3) is 0.750. The second kappa shape index (κ2) is 2.54.